The maximum atomic E-state index is 13.5. The molecule has 2 N–H and O–H groups in total. The third-order valence-electron chi connectivity index (χ3n) is 5.57. The number of halogens is 2. The predicted octanol–water partition coefficient (Wildman–Crippen LogP) is 4.10. The molecule has 2 aliphatic rings. The fourth-order valence-electron chi connectivity index (χ4n) is 3.98. The lowest BCUT2D eigenvalue weighted by Crippen LogP contribution is -2.40. The van der Waals surface area contributed by atoms with E-state index >= 15 is 0 Å². The van der Waals surface area contributed by atoms with Crippen molar-refractivity contribution in [2.45, 2.75) is 12.8 Å². The number of hydrogen-bond acceptors (Lipinski definition) is 4. The lowest BCUT2D eigenvalue weighted by molar-refractivity contribution is 0.0577. The number of nitrogens with zero attached hydrogens (tertiary/aromatic N) is 2. The van der Waals surface area contributed by atoms with E-state index in [2.05, 4.69) is 10.6 Å². The molecule has 1 atom stereocenters. The summed E-state index contributed by atoms with van der Waals surface area (Å²) in [5.74, 6) is -0.703. The molecule has 5 rings (SSSR count). The van der Waals surface area contributed by atoms with Crippen molar-refractivity contribution in [1.29, 1.82) is 0 Å². The van der Waals surface area contributed by atoms with Crippen molar-refractivity contribution in [3.63, 3.8) is 0 Å². The number of rotatable bonds is 3. The number of aromatic amines is 1. The normalized spacial score (nSPS) is 19.1. The second-order valence-corrected chi connectivity index (χ2v) is 7.56. The third-order valence-corrected chi connectivity index (χ3v) is 5.57. The highest BCUT2D eigenvalue weighted by atomic mass is 19.2. The number of hydrazine groups is 1. The van der Waals surface area contributed by atoms with E-state index in [0.29, 0.717) is 13.1 Å². The van der Waals surface area contributed by atoms with Crippen LogP contribution in [0.15, 0.2) is 60.5 Å². The van der Waals surface area contributed by atoms with Crippen LogP contribution in [0.3, 0.4) is 0 Å². The molecule has 0 radical (unpaired) electrons. The quantitative estimate of drug-likeness (QED) is 0.683. The average molecular weight is 410 g/mol. The zero-order chi connectivity index (χ0) is 20.7. The van der Waals surface area contributed by atoms with Crippen LogP contribution >= 0.6 is 0 Å². The molecule has 0 bridgehead atoms. The van der Waals surface area contributed by atoms with E-state index in [1.54, 1.807) is 9.91 Å². The van der Waals surface area contributed by atoms with Crippen LogP contribution in [0, 0.1) is 17.6 Å². The minimum absolute atomic E-state index is 0.00914. The van der Waals surface area contributed by atoms with Crippen LogP contribution in [-0.4, -0.2) is 28.9 Å². The number of amides is 1. The number of hydrogen-bond donors (Lipinski definition) is 2. The molecule has 1 amide bonds. The molecule has 8 heteroatoms. The van der Waals surface area contributed by atoms with Gasteiger partial charge in [-0.3, -0.25) is 4.79 Å². The maximum absolute atomic E-state index is 13.5. The summed E-state index contributed by atoms with van der Waals surface area (Å²) in [6.07, 6.45) is 3.55. The van der Waals surface area contributed by atoms with Crippen molar-refractivity contribution in [3.05, 3.63) is 77.7 Å². The van der Waals surface area contributed by atoms with Gasteiger partial charge in [0.1, 0.15) is 11.6 Å². The number of likely N-dealkylation sites (tertiary alicyclic amines) is 1. The Kier molecular flexibility index (Phi) is 4.63. The summed E-state index contributed by atoms with van der Waals surface area (Å²) in [7, 11) is 0. The molecular formula is C22H20F2N4O2. The summed E-state index contributed by atoms with van der Waals surface area (Å²) in [5, 5.41) is 2.86. The molecule has 1 aromatic heterocycles. The first-order valence-electron chi connectivity index (χ1n) is 9.84. The largest absolute Gasteiger partial charge is 0.391 e. The van der Waals surface area contributed by atoms with E-state index in [0.717, 1.165) is 47.5 Å². The standard InChI is InChI=1S/C22H20F2N4O2/c23-17-8-7-15(10-18(17)24)22(29)27-9-3-5-16(12-27)20-13-28(26-30-20)21-11-14-4-1-2-6-19(14)25-21/h1-2,4,6-8,10-11,13,16,25-26H,3,5,9,12H2. The monoisotopic (exact) mass is 410 g/mol. The Morgan fingerprint density at radius 3 is 2.80 bits per heavy atom. The van der Waals surface area contributed by atoms with Gasteiger partial charge < -0.3 is 14.7 Å². The van der Waals surface area contributed by atoms with Gasteiger partial charge in [0.2, 0.25) is 0 Å². The van der Waals surface area contributed by atoms with Crippen LogP contribution < -0.4 is 10.6 Å². The van der Waals surface area contributed by atoms with E-state index in [1.165, 1.54) is 6.07 Å². The van der Waals surface area contributed by atoms with Gasteiger partial charge in [-0.05, 0) is 43.2 Å². The SMILES string of the molecule is O=C(c1ccc(F)c(F)c1)N1CCCC(C2=CN(c3cc4ccccc4[nH]3)NO2)C1. The Morgan fingerprint density at radius 2 is 1.97 bits per heavy atom. The first-order valence-corrected chi connectivity index (χ1v) is 9.84. The third kappa shape index (κ3) is 3.39. The van der Waals surface area contributed by atoms with Crippen LogP contribution in [-0.2, 0) is 4.84 Å². The van der Waals surface area contributed by atoms with E-state index in [9.17, 15) is 13.6 Å². The van der Waals surface area contributed by atoms with Gasteiger partial charge in [-0.1, -0.05) is 23.8 Å². The van der Waals surface area contributed by atoms with Gasteiger partial charge >= 0.3 is 0 Å². The average Bonchev–Trinajstić information content (AvgIpc) is 3.42. The Balaban J connectivity index is 1.31. The molecule has 154 valence electrons. The summed E-state index contributed by atoms with van der Waals surface area (Å²) in [4.78, 5) is 23.4. The van der Waals surface area contributed by atoms with Crippen LogP contribution in [0.4, 0.5) is 14.6 Å². The molecule has 1 saturated heterocycles. The number of anilines is 1. The van der Waals surface area contributed by atoms with Gasteiger partial charge in [0.25, 0.3) is 5.91 Å². The second kappa shape index (κ2) is 7.46. The molecule has 0 aliphatic carbocycles. The lowest BCUT2D eigenvalue weighted by atomic mass is 9.95. The Hall–Kier alpha value is -3.39. The molecule has 2 aliphatic heterocycles. The van der Waals surface area contributed by atoms with Crippen LogP contribution in [0.2, 0.25) is 0 Å². The fourth-order valence-corrected chi connectivity index (χ4v) is 3.98. The van der Waals surface area contributed by atoms with Crippen LogP contribution in [0.5, 0.6) is 0 Å². The van der Waals surface area contributed by atoms with Gasteiger partial charge in [0.05, 0.1) is 6.20 Å². The number of piperidine rings is 1. The van der Waals surface area contributed by atoms with Crippen molar-refractivity contribution in [2.24, 2.45) is 5.92 Å². The number of H-pyrrole nitrogens is 1. The zero-order valence-corrected chi connectivity index (χ0v) is 16.1. The molecule has 1 fully saturated rings. The highest BCUT2D eigenvalue weighted by Crippen LogP contribution is 2.30. The number of carbonyl (C=O) groups is 1. The van der Waals surface area contributed by atoms with Gasteiger partial charge in [0.15, 0.2) is 11.6 Å². The van der Waals surface area contributed by atoms with E-state index in [1.807, 2.05) is 36.5 Å². The Bertz CT molecular complexity index is 1110. The highest BCUT2D eigenvalue weighted by Gasteiger charge is 2.31. The molecule has 0 saturated carbocycles. The number of aromatic nitrogens is 1. The smallest absolute Gasteiger partial charge is 0.253 e. The van der Waals surface area contributed by atoms with E-state index in [4.69, 9.17) is 4.84 Å². The first-order chi connectivity index (χ1) is 14.6. The van der Waals surface area contributed by atoms with Gasteiger partial charge in [0, 0.05) is 35.5 Å². The van der Waals surface area contributed by atoms with Crippen molar-refractivity contribution in [2.75, 3.05) is 18.1 Å². The number of benzene rings is 2. The summed E-state index contributed by atoms with van der Waals surface area (Å²) in [5.41, 5.74) is 4.06. The van der Waals surface area contributed by atoms with Crippen LogP contribution in [0.1, 0.15) is 23.2 Å². The maximum Gasteiger partial charge on any atom is 0.253 e. The van der Waals surface area contributed by atoms with Crippen molar-refractivity contribution in [1.82, 2.24) is 15.5 Å². The van der Waals surface area contributed by atoms with Gasteiger partial charge in [-0.15, -0.1) is 0 Å². The summed E-state index contributed by atoms with van der Waals surface area (Å²) >= 11 is 0. The molecule has 3 heterocycles. The Labute approximate surface area is 171 Å². The number of nitrogens with one attached hydrogen (secondary N) is 2. The highest BCUT2D eigenvalue weighted by molar-refractivity contribution is 5.94. The Morgan fingerprint density at radius 1 is 1.10 bits per heavy atom. The molecule has 30 heavy (non-hydrogen) atoms. The second-order valence-electron chi connectivity index (χ2n) is 7.56. The van der Waals surface area contributed by atoms with E-state index < -0.39 is 11.6 Å². The van der Waals surface area contributed by atoms with Crippen LogP contribution in [0.25, 0.3) is 10.9 Å². The molecule has 2 aromatic carbocycles. The molecule has 3 aromatic rings. The minimum Gasteiger partial charge on any atom is -0.391 e. The summed E-state index contributed by atoms with van der Waals surface area (Å²) in [6, 6.07) is 13.2. The number of carbonyl (C=O) groups excluding carboxylic acids is 1. The summed E-state index contributed by atoms with van der Waals surface area (Å²) in [6.45, 7) is 1.02. The number of fused-ring (bicyclic) bond motifs is 1. The zero-order valence-electron chi connectivity index (χ0n) is 16.1. The van der Waals surface area contributed by atoms with Gasteiger partial charge in [-0.25, -0.2) is 13.8 Å². The van der Waals surface area contributed by atoms with E-state index in [-0.39, 0.29) is 17.4 Å². The van der Waals surface area contributed by atoms with Gasteiger partial charge in [-0.2, -0.15) is 0 Å². The molecule has 1 unspecified atom stereocenters. The first kappa shape index (κ1) is 18.6. The topological polar surface area (TPSA) is 60.6 Å². The predicted molar refractivity (Wildman–Crippen MR) is 108 cm³/mol. The minimum atomic E-state index is -1.02. The summed E-state index contributed by atoms with van der Waals surface area (Å²) < 4.78 is 26.7. The van der Waals surface area contributed by atoms with Crippen molar-refractivity contribution < 1.29 is 18.4 Å². The molecule has 6 nitrogen and oxygen atoms in total. The lowest BCUT2D eigenvalue weighted by Gasteiger charge is -2.32. The number of para-hydroxylation sites is 1. The van der Waals surface area contributed by atoms with Crippen molar-refractivity contribution >= 4 is 22.6 Å². The fraction of sp³-hybridized carbons (Fsp3) is 0.227. The molecule has 0 spiro atoms. The molecular weight excluding hydrogens is 390 g/mol. The van der Waals surface area contributed by atoms with Crippen molar-refractivity contribution in [3.8, 4) is 0 Å².